The molecule has 0 atom stereocenters. The first-order valence-corrected chi connectivity index (χ1v) is 8.61. The molecular weight excluding hydrogens is 304 g/mol. The minimum absolute atomic E-state index is 0.149. The molecule has 0 aliphatic heterocycles. The molecule has 0 N–H and O–H groups in total. The first-order chi connectivity index (χ1) is 11.1. The van der Waals surface area contributed by atoms with Crippen LogP contribution in [0, 0.1) is 0 Å². The van der Waals surface area contributed by atoms with Gasteiger partial charge in [-0.25, -0.2) is 0 Å². The molecule has 0 aliphatic rings. The zero-order valence-corrected chi connectivity index (χ0v) is 16.0. The van der Waals surface area contributed by atoms with Crippen molar-refractivity contribution in [2.45, 2.75) is 65.4 Å². The number of esters is 1. The van der Waals surface area contributed by atoms with Gasteiger partial charge in [0, 0.05) is 13.0 Å². The Labute approximate surface area is 146 Å². The molecule has 24 heavy (non-hydrogen) atoms. The predicted molar refractivity (Wildman–Crippen MR) is 96.5 cm³/mol. The highest BCUT2D eigenvalue weighted by molar-refractivity contribution is 5.69. The maximum Gasteiger partial charge on any atom is 0.306 e. The summed E-state index contributed by atoms with van der Waals surface area (Å²) in [6.45, 7) is 13.7. The van der Waals surface area contributed by atoms with Gasteiger partial charge in [0.1, 0.15) is 18.0 Å². The third-order valence-corrected chi connectivity index (χ3v) is 3.31. The lowest BCUT2D eigenvalue weighted by Gasteiger charge is -2.19. The molecule has 0 spiro atoms. The zero-order valence-electron chi connectivity index (χ0n) is 16.0. The summed E-state index contributed by atoms with van der Waals surface area (Å²) < 4.78 is 16.4. The molecule has 0 aromatic heterocycles. The molecule has 0 aliphatic carbocycles. The van der Waals surface area contributed by atoms with Crippen LogP contribution in [-0.4, -0.2) is 31.4 Å². The summed E-state index contributed by atoms with van der Waals surface area (Å²) in [6.07, 6.45) is 1.04. The van der Waals surface area contributed by atoms with Gasteiger partial charge in [-0.05, 0) is 50.3 Å². The van der Waals surface area contributed by atoms with Gasteiger partial charge in [-0.2, -0.15) is 0 Å². The van der Waals surface area contributed by atoms with Gasteiger partial charge in [-0.1, -0.05) is 32.9 Å². The Morgan fingerprint density at radius 1 is 0.917 bits per heavy atom. The zero-order chi connectivity index (χ0) is 18.2. The van der Waals surface area contributed by atoms with E-state index in [4.69, 9.17) is 14.2 Å². The molecule has 1 aromatic carbocycles. The number of carbonyl (C=O) groups excluding carboxylic acids is 1. The summed E-state index contributed by atoms with van der Waals surface area (Å²) >= 11 is 0. The van der Waals surface area contributed by atoms with E-state index >= 15 is 0 Å². The lowest BCUT2D eigenvalue weighted by molar-refractivity contribution is -0.155. The summed E-state index contributed by atoms with van der Waals surface area (Å²) in [4.78, 5) is 11.5. The van der Waals surface area contributed by atoms with Crippen LogP contribution in [0.5, 0.6) is 5.75 Å². The first-order valence-electron chi connectivity index (χ1n) is 8.61. The highest BCUT2D eigenvalue weighted by Gasteiger charge is 2.15. The molecule has 1 aromatic rings. The van der Waals surface area contributed by atoms with Gasteiger partial charge in [-0.3, -0.25) is 4.79 Å². The lowest BCUT2D eigenvalue weighted by Crippen LogP contribution is -2.23. The van der Waals surface area contributed by atoms with E-state index in [0.29, 0.717) is 32.7 Å². The van der Waals surface area contributed by atoms with Crippen molar-refractivity contribution >= 4 is 5.97 Å². The number of hydrogen-bond donors (Lipinski definition) is 0. The molecule has 0 saturated carbocycles. The van der Waals surface area contributed by atoms with Gasteiger partial charge in [0.05, 0.1) is 6.61 Å². The number of hydrogen-bond acceptors (Lipinski definition) is 4. The monoisotopic (exact) mass is 336 g/mol. The van der Waals surface area contributed by atoms with Crippen molar-refractivity contribution in [3.05, 3.63) is 29.8 Å². The summed E-state index contributed by atoms with van der Waals surface area (Å²) in [6, 6.07) is 8.17. The molecule has 0 fully saturated rings. The average molecular weight is 336 g/mol. The van der Waals surface area contributed by atoms with Crippen molar-refractivity contribution in [1.29, 1.82) is 0 Å². The molecule has 0 unspecified atom stereocenters. The lowest BCUT2D eigenvalue weighted by atomic mass is 9.87. The second-order valence-corrected chi connectivity index (χ2v) is 7.93. The van der Waals surface area contributed by atoms with E-state index in [1.807, 2.05) is 32.9 Å². The first kappa shape index (κ1) is 20.5. The van der Waals surface area contributed by atoms with E-state index in [1.165, 1.54) is 5.56 Å². The quantitative estimate of drug-likeness (QED) is 0.518. The van der Waals surface area contributed by atoms with E-state index in [9.17, 15) is 4.79 Å². The van der Waals surface area contributed by atoms with E-state index in [2.05, 4.69) is 32.9 Å². The van der Waals surface area contributed by atoms with E-state index in [1.54, 1.807) is 0 Å². The maximum atomic E-state index is 11.5. The van der Waals surface area contributed by atoms with Gasteiger partial charge in [0.25, 0.3) is 0 Å². The van der Waals surface area contributed by atoms with E-state index < -0.39 is 5.60 Å². The van der Waals surface area contributed by atoms with Gasteiger partial charge in [0.2, 0.25) is 0 Å². The molecule has 0 radical (unpaired) electrons. The average Bonchev–Trinajstić information content (AvgIpc) is 2.44. The van der Waals surface area contributed by atoms with E-state index in [-0.39, 0.29) is 11.4 Å². The van der Waals surface area contributed by atoms with Gasteiger partial charge < -0.3 is 14.2 Å². The molecule has 0 amide bonds. The molecule has 0 saturated heterocycles. The van der Waals surface area contributed by atoms with Crippen LogP contribution in [0.4, 0.5) is 0 Å². The van der Waals surface area contributed by atoms with E-state index in [0.717, 1.165) is 5.75 Å². The molecule has 0 bridgehead atoms. The Morgan fingerprint density at radius 3 is 2.08 bits per heavy atom. The number of rotatable bonds is 8. The number of ether oxygens (including phenoxy) is 3. The molecule has 0 heterocycles. The van der Waals surface area contributed by atoms with Crippen molar-refractivity contribution in [3.8, 4) is 5.75 Å². The SMILES string of the molecule is CC(C)(C)OC(=O)CCCOCCOc1ccc(C(C)(C)C)cc1. The minimum Gasteiger partial charge on any atom is -0.491 e. The van der Waals surface area contributed by atoms with Crippen LogP contribution >= 0.6 is 0 Å². The fourth-order valence-corrected chi connectivity index (χ4v) is 2.08. The summed E-state index contributed by atoms with van der Waals surface area (Å²) in [5, 5.41) is 0. The standard InChI is InChI=1S/C20H32O4/c1-19(2,3)16-9-11-17(12-10-16)23-15-14-22-13-7-8-18(21)24-20(4,5)6/h9-12H,7-8,13-15H2,1-6H3. The Kier molecular flexibility index (Phi) is 7.74. The van der Waals surface area contributed by atoms with Crippen molar-refractivity contribution in [2.24, 2.45) is 0 Å². The summed E-state index contributed by atoms with van der Waals surface area (Å²) in [7, 11) is 0. The van der Waals surface area contributed by atoms with Crippen LogP contribution in [0.25, 0.3) is 0 Å². The maximum absolute atomic E-state index is 11.5. The van der Waals surface area contributed by atoms with Crippen LogP contribution < -0.4 is 4.74 Å². The fraction of sp³-hybridized carbons (Fsp3) is 0.650. The molecule has 4 heteroatoms. The second kappa shape index (κ2) is 9.07. The van der Waals surface area contributed by atoms with Gasteiger partial charge >= 0.3 is 5.97 Å². The van der Waals surface area contributed by atoms with Crippen LogP contribution in [0.15, 0.2) is 24.3 Å². The molecule has 136 valence electrons. The van der Waals surface area contributed by atoms with Gasteiger partial charge in [-0.15, -0.1) is 0 Å². The predicted octanol–water partition coefficient (Wildman–Crippen LogP) is 4.50. The van der Waals surface area contributed by atoms with Crippen LogP contribution in [0.1, 0.15) is 59.9 Å². The smallest absolute Gasteiger partial charge is 0.306 e. The Bertz CT molecular complexity index is 492. The van der Waals surface area contributed by atoms with Crippen molar-refractivity contribution < 1.29 is 19.0 Å². The minimum atomic E-state index is -0.422. The molecule has 4 nitrogen and oxygen atoms in total. The van der Waals surface area contributed by atoms with Crippen molar-refractivity contribution in [2.75, 3.05) is 19.8 Å². The van der Waals surface area contributed by atoms with Crippen LogP contribution in [0.2, 0.25) is 0 Å². The molecule has 1 rings (SSSR count). The van der Waals surface area contributed by atoms with Crippen LogP contribution in [-0.2, 0) is 19.7 Å². The van der Waals surface area contributed by atoms with Crippen molar-refractivity contribution in [1.82, 2.24) is 0 Å². The summed E-state index contributed by atoms with van der Waals surface area (Å²) in [5.74, 6) is 0.668. The third kappa shape index (κ3) is 8.92. The summed E-state index contributed by atoms with van der Waals surface area (Å²) in [5.41, 5.74) is 1.01. The van der Waals surface area contributed by atoms with Crippen LogP contribution in [0.3, 0.4) is 0 Å². The Balaban J connectivity index is 2.11. The number of carbonyl (C=O) groups is 1. The third-order valence-electron chi connectivity index (χ3n) is 3.31. The fourth-order valence-electron chi connectivity index (χ4n) is 2.08. The highest BCUT2D eigenvalue weighted by Crippen LogP contribution is 2.24. The topological polar surface area (TPSA) is 44.8 Å². The van der Waals surface area contributed by atoms with Gasteiger partial charge in [0.15, 0.2) is 0 Å². The largest absolute Gasteiger partial charge is 0.491 e. The second-order valence-electron chi connectivity index (χ2n) is 7.93. The normalized spacial score (nSPS) is 12.1. The molecular formula is C20H32O4. The highest BCUT2D eigenvalue weighted by atomic mass is 16.6. The van der Waals surface area contributed by atoms with Crippen molar-refractivity contribution in [3.63, 3.8) is 0 Å². The number of benzene rings is 1. The Hall–Kier alpha value is -1.55. The Morgan fingerprint density at radius 2 is 1.54 bits per heavy atom.